The molecule has 25 heavy (non-hydrogen) atoms. The molecule has 136 valence electrons. The SMILES string of the molecule is CCOc1ccccc1N1CC(C(=O)N2CCCC(NC)C2)CC1=O. The summed E-state index contributed by atoms with van der Waals surface area (Å²) in [5, 5.41) is 3.26. The van der Waals surface area contributed by atoms with Gasteiger partial charge in [-0.25, -0.2) is 0 Å². The lowest BCUT2D eigenvalue weighted by Crippen LogP contribution is -2.49. The van der Waals surface area contributed by atoms with Crippen LogP contribution in [-0.4, -0.2) is 56.0 Å². The molecule has 2 atom stereocenters. The Balaban J connectivity index is 1.71. The number of nitrogens with one attached hydrogen (secondary N) is 1. The molecule has 2 heterocycles. The molecule has 2 saturated heterocycles. The van der Waals surface area contributed by atoms with E-state index in [0.717, 1.165) is 31.6 Å². The van der Waals surface area contributed by atoms with E-state index in [0.29, 0.717) is 24.9 Å². The normalized spacial score (nSPS) is 23.8. The highest BCUT2D eigenvalue weighted by Crippen LogP contribution is 2.33. The molecule has 0 aliphatic carbocycles. The van der Waals surface area contributed by atoms with E-state index in [2.05, 4.69) is 5.32 Å². The first kappa shape index (κ1) is 17.7. The van der Waals surface area contributed by atoms with Gasteiger partial charge in [0.1, 0.15) is 5.75 Å². The van der Waals surface area contributed by atoms with E-state index in [1.807, 2.05) is 43.1 Å². The van der Waals surface area contributed by atoms with Crippen molar-refractivity contribution in [3.8, 4) is 5.75 Å². The van der Waals surface area contributed by atoms with E-state index in [-0.39, 0.29) is 24.2 Å². The van der Waals surface area contributed by atoms with E-state index >= 15 is 0 Å². The molecule has 6 nitrogen and oxygen atoms in total. The second-order valence-corrected chi connectivity index (χ2v) is 6.72. The minimum atomic E-state index is -0.266. The smallest absolute Gasteiger partial charge is 0.228 e. The van der Waals surface area contributed by atoms with Gasteiger partial charge in [-0.2, -0.15) is 0 Å². The molecular formula is C19H27N3O3. The zero-order valence-corrected chi connectivity index (χ0v) is 15.0. The first-order chi connectivity index (χ1) is 12.1. The quantitative estimate of drug-likeness (QED) is 0.881. The monoisotopic (exact) mass is 345 g/mol. The van der Waals surface area contributed by atoms with Crippen LogP contribution in [0.1, 0.15) is 26.2 Å². The van der Waals surface area contributed by atoms with Crippen molar-refractivity contribution in [1.29, 1.82) is 0 Å². The molecule has 2 unspecified atom stereocenters. The number of benzene rings is 1. The highest BCUT2D eigenvalue weighted by atomic mass is 16.5. The number of carbonyl (C=O) groups excluding carboxylic acids is 2. The molecule has 3 rings (SSSR count). The first-order valence-corrected chi connectivity index (χ1v) is 9.12. The number of hydrogen-bond donors (Lipinski definition) is 1. The summed E-state index contributed by atoms with van der Waals surface area (Å²) in [6.45, 7) is 4.42. The average molecular weight is 345 g/mol. The van der Waals surface area contributed by atoms with Crippen molar-refractivity contribution in [2.75, 3.05) is 38.2 Å². The zero-order chi connectivity index (χ0) is 17.8. The number of para-hydroxylation sites is 2. The largest absolute Gasteiger partial charge is 0.492 e. The summed E-state index contributed by atoms with van der Waals surface area (Å²) < 4.78 is 5.64. The summed E-state index contributed by atoms with van der Waals surface area (Å²) in [7, 11) is 1.93. The fraction of sp³-hybridized carbons (Fsp3) is 0.579. The van der Waals surface area contributed by atoms with E-state index in [9.17, 15) is 9.59 Å². The summed E-state index contributed by atoms with van der Waals surface area (Å²) in [4.78, 5) is 29.0. The van der Waals surface area contributed by atoms with Gasteiger partial charge in [-0.1, -0.05) is 12.1 Å². The maximum absolute atomic E-state index is 12.9. The van der Waals surface area contributed by atoms with Crippen molar-refractivity contribution in [2.24, 2.45) is 5.92 Å². The van der Waals surface area contributed by atoms with Gasteiger partial charge in [0.15, 0.2) is 0 Å². The minimum Gasteiger partial charge on any atom is -0.492 e. The topological polar surface area (TPSA) is 61.9 Å². The van der Waals surface area contributed by atoms with E-state index in [4.69, 9.17) is 4.74 Å². The Morgan fingerprint density at radius 2 is 2.12 bits per heavy atom. The molecule has 0 aromatic heterocycles. The lowest BCUT2D eigenvalue weighted by molar-refractivity contribution is -0.137. The summed E-state index contributed by atoms with van der Waals surface area (Å²) in [5.74, 6) is 0.523. The number of likely N-dealkylation sites (tertiary alicyclic amines) is 1. The molecule has 6 heteroatoms. The summed E-state index contributed by atoms with van der Waals surface area (Å²) in [6.07, 6.45) is 2.38. The lowest BCUT2D eigenvalue weighted by atomic mass is 10.0. The van der Waals surface area contributed by atoms with Gasteiger partial charge in [-0.15, -0.1) is 0 Å². The molecule has 0 saturated carbocycles. The highest BCUT2D eigenvalue weighted by molar-refractivity contribution is 6.01. The number of anilines is 1. The van der Waals surface area contributed by atoms with Gasteiger partial charge in [0.05, 0.1) is 18.2 Å². The van der Waals surface area contributed by atoms with Crippen molar-refractivity contribution >= 4 is 17.5 Å². The number of piperidine rings is 1. The maximum atomic E-state index is 12.9. The molecule has 2 fully saturated rings. The molecule has 0 spiro atoms. The van der Waals surface area contributed by atoms with Crippen LogP contribution in [-0.2, 0) is 9.59 Å². The number of hydrogen-bond acceptors (Lipinski definition) is 4. The van der Waals surface area contributed by atoms with Crippen LogP contribution in [0.2, 0.25) is 0 Å². The van der Waals surface area contributed by atoms with Crippen LogP contribution in [0.15, 0.2) is 24.3 Å². The Hall–Kier alpha value is -2.08. The number of likely N-dealkylation sites (N-methyl/N-ethyl adjacent to an activating group) is 1. The van der Waals surface area contributed by atoms with Crippen molar-refractivity contribution < 1.29 is 14.3 Å². The molecule has 0 bridgehead atoms. The van der Waals surface area contributed by atoms with Gasteiger partial charge in [0.25, 0.3) is 0 Å². The van der Waals surface area contributed by atoms with Crippen LogP contribution in [0.25, 0.3) is 0 Å². The summed E-state index contributed by atoms with van der Waals surface area (Å²) >= 11 is 0. The minimum absolute atomic E-state index is 0.00678. The Labute approximate surface area is 149 Å². The number of amides is 2. The molecule has 2 amide bonds. The lowest BCUT2D eigenvalue weighted by Gasteiger charge is -2.34. The predicted octanol–water partition coefficient (Wildman–Crippen LogP) is 1.65. The third kappa shape index (κ3) is 3.79. The van der Waals surface area contributed by atoms with Crippen molar-refractivity contribution in [3.05, 3.63) is 24.3 Å². The fourth-order valence-electron chi connectivity index (χ4n) is 3.73. The third-order valence-electron chi connectivity index (χ3n) is 5.07. The van der Waals surface area contributed by atoms with Gasteiger partial charge in [-0.05, 0) is 38.9 Å². The van der Waals surface area contributed by atoms with E-state index in [1.54, 1.807) is 4.90 Å². The Morgan fingerprint density at radius 3 is 2.88 bits per heavy atom. The number of ether oxygens (including phenoxy) is 1. The Bertz CT molecular complexity index is 634. The van der Waals surface area contributed by atoms with E-state index in [1.165, 1.54) is 0 Å². The Morgan fingerprint density at radius 1 is 1.32 bits per heavy atom. The van der Waals surface area contributed by atoms with Gasteiger partial charge in [0.2, 0.25) is 11.8 Å². The second-order valence-electron chi connectivity index (χ2n) is 6.72. The number of rotatable bonds is 5. The standard InChI is InChI=1S/C19H27N3O3/c1-3-25-17-9-5-4-8-16(17)22-12-14(11-18(22)23)19(24)21-10-6-7-15(13-21)20-2/h4-5,8-9,14-15,20H,3,6-7,10-13H2,1-2H3. The first-order valence-electron chi connectivity index (χ1n) is 9.12. The predicted molar refractivity (Wildman–Crippen MR) is 96.7 cm³/mol. The average Bonchev–Trinajstić information content (AvgIpc) is 3.03. The Kier molecular flexibility index (Phi) is 5.58. The summed E-state index contributed by atoms with van der Waals surface area (Å²) in [6, 6.07) is 7.88. The fourth-order valence-corrected chi connectivity index (χ4v) is 3.73. The second kappa shape index (κ2) is 7.87. The number of carbonyl (C=O) groups is 2. The number of nitrogens with zero attached hydrogens (tertiary/aromatic N) is 2. The van der Waals surface area contributed by atoms with Gasteiger partial charge in [-0.3, -0.25) is 9.59 Å². The molecule has 2 aliphatic heterocycles. The van der Waals surface area contributed by atoms with E-state index < -0.39 is 0 Å². The van der Waals surface area contributed by atoms with Crippen LogP contribution in [0, 0.1) is 5.92 Å². The van der Waals surface area contributed by atoms with Gasteiger partial charge < -0.3 is 19.9 Å². The molecule has 2 aliphatic rings. The highest BCUT2D eigenvalue weighted by Gasteiger charge is 2.39. The zero-order valence-electron chi connectivity index (χ0n) is 15.0. The van der Waals surface area contributed by atoms with Crippen molar-refractivity contribution in [3.63, 3.8) is 0 Å². The maximum Gasteiger partial charge on any atom is 0.228 e. The third-order valence-corrected chi connectivity index (χ3v) is 5.07. The van der Waals surface area contributed by atoms with Crippen LogP contribution in [0.5, 0.6) is 5.75 Å². The van der Waals surface area contributed by atoms with Gasteiger partial charge >= 0.3 is 0 Å². The van der Waals surface area contributed by atoms with Crippen LogP contribution in [0.3, 0.4) is 0 Å². The molecular weight excluding hydrogens is 318 g/mol. The molecule has 1 aromatic rings. The van der Waals surface area contributed by atoms with Crippen LogP contribution >= 0.6 is 0 Å². The van der Waals surface area contributed by atoms with Crippen molar-refractivity contribution in [2.45, 2.75) is 32.2 Å². The molecule has 0 radical (unpaired) electrons. The molecule has 1 aromatic carbocycles. The van der Waals surface area contributed by atoms with Crippen molar-refractivity contribution in [1.82, 2.24) is 10.2 Å². The van der Waals surface area contributed by atoms with Crippen LogP contribution in [0.4, 0.5) is 5.69 Å². The van der Waals surface area contributed by atoms with Crippen LogP contribution < -0.4 is 15.0 Å². The van der Waals surface area contributed by atoms with Gasteiger partial charge in [0, 0.05) is 32.1 Å². The molecule has 1 N–H and O–H groups in total. The summed E-state index contributed by atoms with van der Waals surface area (Å²) in [5.41, 5.74) is 0.761.